The fraction of sp³-hybridized carbons (Fsp3) is 0.188. The van der Waals surface area contributed by atoms with E-state index in [9.17, 15) is 9.59 Å². The van der Waals surface area contributed by atoms with Crippen LogP contribution in [0.25, 0.3) is 11.8 Å². The molecule has 0 atom stereocenters. The Morgan fingerprint density at radius 3 is 2.45 bits per heavy atom. The molecule has 2 N–H and O–H groups in total. The minimum atomic E-state index is -0.605. The van der Waals surface area contributed by atoms with E-state index in [0.717, 1.165) is 29.9 Å². The molecule has 0 unspecified atom stereocenters. The van der Waals surface area contributed by atoms with Gasteiger partial charge in [-0.3, -0.25) is 14.8 Å². The third-order valence-corrected chi connectivity index (χ3v) is 6.87. The van der Waals surface area contributed by atoms with Crippen molar-refractivity contribution in [1.29, 1.82) is 0 Å². The van der Waals surface area contributed by atoms with Crippen LogP contribution in [0.5, 0.6) is 5.75 Å². The van der Waals surface area contributed by atoms with Crippen LogP contribution < -0.4 is 15.1 Å². The van der Waals surface area contributed by atoms with Crippen LogP contribution in [0.1, 0.15) is 28.5 Å². The predicted octanol–water partition coefficient (Wildman–Crippen LogP) is 4.27. The normalized spacial score (nSPS) is 13.8. The van der Waals surface area contributed by atoms with Gasteiger partial charge in [-0.05, 0) is 49.4 Å². The van der Waals surface area contributed by atoms with Crippen molar-refractivity contribution in [3.05, 3.63) is 120 Å². The maximum Gasteiger partial charge on any atom is 0.267 e. The maximum atomic E-state index is 13.3. The van der Waals surface area contributed by atoms with Crippen molar-refractivity contribution in [3.8, 4) is 11.4 Å². The smallest absolute Gasteiger partial charge is 0.267 e. The fourth-order valence-corrected chi connectivity index (χ4v) is 4.68. The summed E-state index contributed by atoms with van der Waals surface area (Å²) in [6.45, 7) is 4.93. The number of hydroxylamine groups is 1. The molecule has 0 spiro atoms. The van der Waals surface area contributed by atoms with E-state index in [4.69, 9.17) is 9.94 Å². The third-order valence-electron chi connectivity index (χ3n) is 6.87. The van der Waals surface area contributed by atoms with Gasteiger partial charge >= 0.3 is 0 Å². The van der Waals surface area contributed by atoms with Crippen LogP contribution in [0, 0.1) is 0 Å². The molecule has 1 aliphatic heterocycles. The number of nitrogens with one attached hydrogen (secondary N) is 1. The van der Waals surface area contributed by atoms with Gasteiger partial charge in [0.1, 0.15) is 18.1 Å². The Labute approximate surface area is 244 Å². The van der Waals surface area contributed by atoms with Gasteiger partial charge in [-0.15, -0.1) is 5.10 Å². The number of ether oxygens (including phenoxy) is 1. The highest BCUT2D eigenvalue weighted by atomic mass is 16.5. The second kappa shape index (κ2) is 13.4. The average molecular weight is 565 g/mol. The van der Waals surface area contributed by atoms with Gasteiger partial charge in [-0.25, -0.2) is 10.2 Å². The molecule has 5 rings (SSSR count). The zero-order valence-corrected chi connectivity index (χ0v) is 23.3. The highest BCUT2D eigenvalue weighted by molar-refractivity contribution is 5.95. The number of carbonyl (C=O) groups excluding carboxylic acids is 2. The lowest BCUT2D eigenvalue weighted by molar-refractivity contribution is -0.124. The number of nitrogens with zero attached hydrogens (tertiary/aromatic N) is 5. The summed E-state index contributed by atoms with van der Waals surface area (Å²) in [5, 5.41) is 17.1. The summed E-state index contributed by atoms with van der Waals surface area (Å²) in [7, 11) is 0. The van der Waals surface area contributed by atoms with E-state index in [1.54, 1.807) is 22.4 Å². The molecule has 1 aliphatic rings. The molecule has 10 nitrogen and oxygen atoms in total. The topological polar surface area (TPSA) is 113 Å². The monoisotopic (exact) mass is 564 g/mol. The van der Waals surface area contributed by atoms with Crippen LogP contribution in [0.3, 0.4) is 0 Å². The molecular formula is C32H32N6O4. The Kier molecular flexibility index (Phi) is 9.05. The summed E-state index contributed by atoms with van der Waals surface area (Å²) in [4.78, 5) is 28.7. The van der Waals surface area contributed by atoms with Crippen LogP contribution in [-0.4, -0.2) is 63.1 Å². The summed E-state index contributed by atoms with van der Waals surface area (Å²) in [6, 6.07) is 25.2. The van der Waals surface area contributed by atoms with Gasteiger partial charge in [-0.1, -0.05) is 59.3 Å². The van der Waals surface area contributed by atoms with Crippen molar-refractivity contribution < 1.29 is 19.5 Å². The molecular weight excluding hydrogens is 532 g/mol. The average Bonchev–Trinajstić information content (AvgIpc) is 3.52. The molecule has 2 amide bonds. The van der Waals surface area contributed by atoms with Gasteiger partial charge in [0.05, 0.1) is 11.9 Å². The lowest BCUT2D eigenvalue weighted by Crippen LogP contribution is -2.48. The molecule has 3 aromatic carbocycles. The third kappa shape index (κ3) is 7.10. The predicted molar refractivity (Wildman–Crippen MR) is 159 cm³/mol. The Hall–Kier alpha value is -5.22. The number of hydrogen-bond acceptors (Lipinski definition) is 7. The first kappa shape index (κ1) is 28.3. The highest BCUT2D eigenvalue weighted by Gasteiger charge is 2.22. The van der Waals surface area contributed by atoms with E-state index in [1.807, 2.05) is 84.6 Å². The minimum absolute atomic E-state index is 0.0000219. The van der Waals surface area contributed by atoms with E-state index >= 15 is 0 Å². The minimum Gasteiger partial charge on any atom is -0.487 e. The fourth-order valence-electron chi connectivity index (χ4n) is 4.68. The Balaban J connectivity index is 1.21. The molecule has 2 heterocycles. The molecule has 42 heavy (non-hydrogen) atoms. The largest absolute Gasteiger partial charge is 0.487 e. The number of aromatic nitrogens is 3. The zero-order chi connectivity index (χ0) is 29.3. The van der Waals surface area contributed by atoms with Gasteiger partial charge in [0, 0.05) is 49.1 Å². The van der Waals surface area contributed by atoms with Crippen LogP contribution in [0.4, 0.5) is 5.69 Å². The van der Waals surface area contributed by atoms with Crippen molar-refractivity contribution in [2.45, 2.75) is 13.5 Å². The summed E-state index contributed by atoms with van der Waals surface area (Å²) >= 11 is 0. The first-order valence-electron chi connectivity index (χ1n) is 13.6. The number of carbonyl (C=O) groups is 2. The van der Waals surface area contributed by atoms with E-state index < -0.39 is 5.91 Å². The molecule has 0 bridgehead atoms. The van der Waals surface area contributed by atoms with Gasteiger partial charge in [0.2, 0.25) is 0 Å². The van der Waals surface area contributed by atoms with Crippen LogP contribution in [0.2, 0.25) is 0 Å². The molecule has 10 heteroatoms. The molecule has 1 aromatic heterocycles. The van der Waals surface area contributed by atoms with E-state index in [0.29, 0.717) is 30.1 Å². The molecule has 0 radical (unpaired) electrons. The van der Waals surface area contributed by atoms with Crippen molar-refractivity contribution in [1.82, 2.24) is 25.4 Å². The number of benzene rings is 3. The molecule has 1 fully saturated rings. The molecule has 4 aromatic rings. The summed E-state index contributed by atoms with van der Waals surface area (Å²) < 4.78 is 7.67. The van der Waals surface area contributed by atoms with Crippen LogP contribution >= 0.6 is 0 Å². The standard InChI is InChI=1S/C32H32N6O4/c1-24(14-15-31(39)34-41)20-25-8-5-6-13-30(25)42-23-27-22-38(35-33-27)29-12-7-9-26(21-29)32(40)37-18-16-36(17-19-37)28-10-3-2-4-11-28/h2-15,20-22,41H,16-19,23H2,1H3,(H,34,39)/b15-14+,24-20+. The molecule has 0 aliphatic carbocycles. The van der Waals surface area contributed by atoms with Gasteiger partial charge in [-0.2, -0.15) is 0 Å². The molecule has 214 valence electrons. The zero-order valence-electron chi connectivity index (χ0n) is 23.3. The van der Waals surface area contributed by atoms with Gasteiger partial charge < -0.3 is 14.5 Å². The van der Waals surface area contributed by atoms with E-state index in [1.165, 1.54) is 11.8 Å². The summed E-state index contributed by atoms with van der Waals surface area (Å²) in [5.74, 6) is 0.0401. The van der Waals surface area contributed by atoms with Crippen molar-refractivity contribution in [2.24, 2.45) is 0 Å². The van der Waals surface area contributed by atoms with Crippen molar-refractivity contribution >= 4 is 23.6 Å². The van der Waals surface area contributed by atoms with E-state index in [-0.39, 0.29) is 12.5 Å². The number of amides is 2. The quantitative estimate of drug-likeness (QED) is 0.135. The van der Waals surface area contributed by atoms with Crippen LogP contribution in [0.15, 0.2) is 103 Å². The first-order chi connectivity index (χ1) is 20.5. The Morgan fingerprint density at radius 2 is 1.67 bits per heavy atom. The lowest BCUT2D eigenvalue weighted by atomic mass is 10.1. The molecule has 0 saturated carbocycles. The second-order valence-electron chi connectivity index (χ2n) is 9.84. The summed E-state index contributed by atoms with van der Waals surface area (Å²) in [6.07, 6.45) is 6.49. The van der Waals surface area contributed by atoms with Crippen molar-refractivity contribution in [2.75, 3.05) is 31.1 Å². The number of allylic oxidation sites excluding steroid dienone is 2. The maximum absolute atomic E-state index is 13.3. The number of anilines is 1. The lowest BCUT2D eigenvalue weighted by Gasteiger charge is -2.36. The molecule has 1 saturated heterocycles. The van der Waals surface area contributed by atoms with Crippen LogP contribution in [-0.2, 0) is 11.4 Å². The SMILES string of the molecule is CC(/C=C/C(=O)NO)=C\c1ccccc1OCc1cn(-c2cccc(C(=O)N3CCN(c4ccccc4)CC3)c2)nn1. The highest BCUT2D eigenvalue weighted by Crippen LogP contribution is 2.23. The van der Waals surface area contributed by atoms with Gasteiger partial charge in [0.25, 0.3) is 11.8 Å². The number of piperazine rings is 1. The first-order valence-corrected chi connectivity index (χ1v) is 13.6. The van der Waals surface area contributed by atoms with E-state index in [2.05, 4.69) is 27.3 Å². The Morgan fingerprint density at radius 1 is 0.929 bits per heavy atom. The Bertz CT molecular complexity index is 1590. The number of rotatable bonds is 9. The van der Waals surface area contributed by atoms with Crippen molar-refractivity contribution in [3.63, 3.8) is 0 Å². The number of para-hydroxylation sites is 2. The summed E-state index contributed by atoms with van der Waals surface area (Å²) in [5.41, 5.74) is 6.33. The van der Waals surface area contributed by atoms with Gasteiger partial charge in [0.15, 0.2) is 0 Å². The second-order valence-corrected chi connectivity index (χ2v) is 9.84. The number of hydrogen-bond donors (Lipinski definition) is 2.